The molecule has 0 aromatic heterocycles. The van der Waals surface area contributed by atoms with Gasteiger partial charge < -0.3 is 9.47 Å². The number of aryl methyl sites for hydroxylation is 1. The van der Waals surface area contributed by atoms with E-state index in [0.29, 0.717) is 6.61 Å². The quantitative estimate of drug-likeness (QED) is 0.699. The molecule has 0 amide bonds. The summed E-state index contributed by atoms with van der Waals surface area (Å²) < 4.78 is 11.2. The Morgan fingerprint density at radius 3 is 2.48 bits per heavy atom. The Bertz CT molecular complexity index is 676. The maximum absolute atomic E-state index is 9.56. The molecule has 0 spiro atoms. The van der Waals surface area contributed by atoms with Crippen LogP contribution in [-0.4, -0.2) is 13.7 Å². The Labute approximate surface area is 138 Å². The van der Waals surface area contributed by atoms with Gasteiger partial charge in [-0.3, -0.25) is 0 Å². The van der Waals surface area contributed by atoms with Gasteiger partial charge >= 0.3 is 0 Å². The zero-order chi connectivity index (χ0) is 16.7. The first kappa shape index (κ1) is 16.9. The normalized spacial score (nSPS) is 13.0. The van der Waals surface area contributed by atoms with E-state index >= 15 is 0 Å². The minimum absolute atomic E-state index is 0.484. The Hall–Kier alpha value is -2.47. The summed E-state index contributed by atoms with van der Waals surface area (Å²) in [5.74, 6) is 1.49. The van der Waals surface area contributed by atoms with Gasteiger partial charge in [-0.1, -0.05) is 36.4 Å². The zero-order valence-electron chi connectivity index (χ0n) is 14.0. The molecule has 0 aliphatic rings. The highest BCUT2D eigenvalue weighted by Crippen LogP contribution is 2.30. The van der Waals surface area contributed by atoms with Crippen LogP contribution in [0.2, 0.25) is 0 Å². The highest BCUT2D eigenvalue weighted by molar-refractivity contribution is 5.42. The monoisotopic (exact) mass is 309 g/mol. The van der Waals surface area contributed by atoms with E-state index in [4.69, 9.17) is 9.47 Å². The SMILES string of the molecule is COc1cc(C)ccc1OCCCC(C)(C#N)c1ccccc1. The third kappa shape index (κ3) is 4.26. The fraction of sp³-hybridized carbons (Fsp3) is 0.350. The molecular formula is C20H23NO2. The van der Waals surface area contributed by atoms with Crippen molar-refractivity contribution in [2.24, 2.45) is 0 Å². The van der Waals surface area contributed by atoms with Gasteiger partial charge in [-0.2, -0.15) is 5.26 Å². The second kappa shape index (κ2) is 7.69. The predicted molar refractivity (Wildman–Crippen MR) is 91.9 cm³/mol. The molecule has 0 fully saturated rings. The first-order valence-corrected chi connectivity index (χ1v) is 7.83. The molecule has 2 rings (SSSR count). The molecule has 0 radical (unpaired) electrons. The van der Waals surface area contributed by atoms with Crippen LogP contribution in [0.4, 0.5) is 0 Å². The highest BCUT2D eigenvalue weighted by Gasteiger charge is 2.25. The van der Waals surface area contributed by atoms with Gasteiger partial charge in [0.2, 0.25) is 0 Å². The summed E-state index contributed by atoms with van der Waals surface area (Å²) in [6.07, 6.45) is 1.55. The largest absolute Gasteiger partial charge is 0.493 e. The van der Waals surface area contributed by atoms with E-state index < -0.39 is 5.41 Å². The van der Waals surface area contributed by atoms with Crippen LogP contribution in [-0.2, 0) is 5.41 Å². The molecule has 1 atom stereocenters. The first-order valence-electron chi connectivity index (χ1n) is 7.83. The lowest BCUT2D eigenvalue weighted by atomic mass is 9.80. The standard InChI is InChI=1S/C20H23NO2/c1-16-10-11-18(19(14-16)22-3)23-13-7-12-20(2,15-21)17-8-5-4-6-9-17/h4-6,8-11,14H,7,12-13H2,1-3H3. The van der Waals surface area contributed by atoms with Crippen LogP contribution >= 0.6 is 0 Å². The molecular weight excluding hydrogens is 286 g/mol. The lowest BCUT2D eigenvalue weighted by molar-refractivity contribution is 0.278. The molecule has 120 valence electrons. The maximum Gasteiger partial charge on any atom is 0.161 e. The molecule has 0 saturated carbocycles. The lowest BCUT2D eigenvalue weighted by Gasteiger charge is -2.22. The van der Waals surface area contributed by atoms with Crippen LogP contribution in [0.1, 0.15) is 30.9 Å². The Morgan fingerprint density at radius 2 is 1.83 bits per heavy atom. The van der Waals surface area contributed by atoms with Crippen molar-refractivity contribution >= 4 is 0 Å². The molecule has 0 aliphatic carbocycles. The number of hydrogen-bond donors (Lipinski definition) is 0. The van der Waals surface area contributed by atoms with Crippen molar-refractivity contribution in [1.82, 2.24) is 0 Å². The third-order valence-corrected chi connectivity index (χ3v) is 4.06. The number of rotatable bonds is 7. The predicted octanol–water partition coefficient (Wildman–Crippen LogP) is 4.64. The molecule has 1 unspecified atom stereocenters. The van der Waals surface area contributed by atoms with Crippen molar-refractivity contribution in [3.63, 3.8) is 0 Å². The van der Waals surface area contributed by atoms with Crippen molar-refractivity contribution in [2.75, 3.05) is 13.7 Å². The molecule has 3 heteroatoms. The number of nitrogens with zero attached hydrogens (tertiary/aromatic N) is 1. The van der Waals surface area contributed by atoms with Crippen LogP contribution in [0.15, 0.2) is 48.5 Å². The fourth-order valence-corrected chi connectivity index (χ4v) is 2.57. The Balaban J connectivity index is 1.93. The Kier molecular flexibility index (Phi) is 5.65. The van der Waals surface area contributed by atoms with Crippen molar-refractivity contribution < 1.29 is 9.47 Å². The second-order valence-electron chi connectivity index (χ2n) is 5.92. The summed E-state index contributed by atoms with van der Waals surface area (Å²) in [5.41, 5.74) is 1.70. The minimum atomic E-state index is -0.484. The average molecular weight is 309 g/mol. The highest BCUT2D eigenvalue weighted by atomic mass is 16.5. The van der Waals surface area contributed by atoms with Gasteiger partial charge in [0.05, 0.1) is 25.2 Å². The van der Waals surface area contributed by atoms with E-state index in [1.54, 1.807) is 7.11 Å². The number of nitriles is 1. The van der Waals surface area contributed by atoms with Crippen LogP contribution in [0, 0.1) is 18.3 Å². The Morgan fingerprint density at radius 1 is 1.09 bits per heavy atom. The van der Waals surface area contributed by atoms with Gasteiger partial charge in [-0.15, -0.1) is 0 Å². The van der Waals surface area contributed by atoms with Gasteiger partial charge in [0, 0.05) is 0 Å². The number of methoxy groups -OCH3 is 1. The molecule has 0 bridgehead atoms. The van der Waals surface area contributed by atoms with E-state index in [-0.39, 0.29) is 0 Å². The molecule has 0 saturated heterocycles. The lowest BCUT2D eigenvalue weighted by Crippen LogP contribution is -2.20. The average Bonchev–Trinajstić information content (AvgIpc) is 2.60. The van der Waals surface area contributed by atoms with E-state index in [1.165, 1.54) is 0 Å². The fourth-order valence-electron chi connectivity index (χ4n) is 2.57. The van der Waals surface area contributed by atoms with Crippen molar-refractivity contribution in [2.45, 2.75) is 32.1 Å². The first-order chi connectivity index (χ1) is 11.1. The number of ether oxygens (including phenoxy) is 2. The van der Waals surface area contributed by atoms with Gasteiger partial charge in [0.1, 0.15) is 0 Å². The van der Waals surface area contributed by atoms with Gasteiger partial charge in [-0.25, -0.2) is 0 Å². The molecule has 0 N–H and O–H groups in total. The van der Waals surface area contributed by atoms with E-state index in [0.717, 1.165) is 35.5 Å². The summed E-state index contributed by atoms with van der Waals surface area (Å²) in [6.45, 7) is 4.56. The van der Waals surface area contributed by atoms with Gasteiger partial charge in [-0.05, 0) is 49.9 Å². The van der Waals surface area contributed by atoms with Crippen LogP contribution in [0.5, 0.6) is 11.5 Å². The van der Waals surface area contributed by atoms with Crippen molar-refractivity contribution in [3.8, 4) is 17.6 Å². The van der Waals surface area contributed by atoms with Crippen LogP contribution < -0.4 is 9.47 Å². The smallest absolute Gasteiger partial charge is 0.161 e. The molecule has 3 nitrogen and oxygen atoms in total. The number of hydrogen-bond acceptors (Lipinski definition) is 3. The van der Waals surface area contributed by atoms with E-state index in [1.807, 2.05) is 62.4 Å². The van der Waals surface area contributed by atoms with Crippen LogP contribution in [0.25, 0.3) is 0 Å². The summed E-state index contributed by atoms with van der Waals surface area (Å²) in [6, 6.07) is 18.2. The van der Waals surface area contributed by atoms with E-state index in [2.05, 4.69) is 6.07 Å². The second-order valence-corrected chi connectivity index (χ2v) is 5.92. The summed E-state index contributed by atoms with van der Waals surface area (Å²) >= 11 is 0. The molecule has 2 aromatic rings. The summed E-state index contributed by atoms with van der Waals surface area (Å²) in [4.78, 5) is 0. The van der Waals surface area contributed by atoms with Gasteiger partial charge in [0.25, 0.3) is 0 Å². The molecule has 2 aromatic carbocycles. The van der Waals surface area contributed by atoms with Crippen molar-refractivity contribution in [1.29, 1.82) is 5.26 Å². The zero-order valence-corrected chi connectivity index (χ0v) is 14.0. The molecule has 23 heavy (non-hydrogen) atoms. The van der Waals surface area contributed by atoms with Gasteiger partial charge in [0.15, 0.2) is 11.5 Å². The summed E-state index contributed by atoms with van der Waals surface area (Å²) in [5, 5.41) is 9.56. The topological polar surface area (TPSA) is 42.2 Å². The maximum atomic E-state index is 9.56. The third-order valence-electron chi connectivity index (χ3n) is 4.06. The van der Waals surface area contributed by atoms with Crippen molar-refractivity contribution in [3.05, 3.63) is 59.7 Å². The summed E-state index contributed by atoms with van der Waals surface area (Å²) in [7, 11) is 1.64. The van der Waals surface area contributed by atoms with Crippen LogP contribution in [0.3, 0.4) is 0 Å². The number of benzene rings is 2. The molecule has 0 aliphatic heterocycles. The molecule has 0 heterocycles. The minimum Gasteiger partial charge on any atom is -0.493 e. The van der Waals surface area contributed by atoms with E-state index in [9.17, 15) is 5.26 Å².